The lowest BCUT2D eigenvalue weighted by molar-refractivity contribution is -0.384. The molecule has 0 unspecified atom stereocenters. The molecule has 0 spiro atoms. The molecule has 2 rings (SSSR count). The van der Waals surface area contributed by atoms with Crippen molar-refractivity contribution in [2.45, 2.75) is 6.92 Å². The zero-order valence-electron chi connectivity index (χ0n) is 9.70. The zero-order valence-corrected chi connectivity index (χ0v) is 10.5. The maximum atomic E-state index is 10.9. The highest BCUT2D eigenvalue weighted by molar-refractivity contribution is 6.33. The molecule has 0 fully saturated rings. The third-order valence-corrected chi connectivity index (χ3v) is 3.00. The molecular weight excluding hydrogens is 274 g/mol. The number of hydrogen-bond donors (Lipinski definition) is 1. The van der Waals surface area contributed by atoms with Crippen LogP contribution < -0.4 is 0 Å². The van der Waals surface area contributed by atoms with E-state index in [4.69, 9.17) is 16.7 Å². The summed E-state index contributed by atoms with van der Waals surface area (Å²) < 4.78 is 1.33. The number of carboxylic acids is 1. The number of aromatic nitrogens is 2. The average molecular weight is 282 g/mol. The van der Waals surface area contributed by atoms with Crippen LogP contribution in [0.15, 0.2) is 24.3 Å². The Morgan fingerprint density at radius 1 is 1.42 bits per heavy atom. The van der Waals surface area contributed by atoms with Crippen LogP contribution in [0, 0.1) is 17.0 Å². The van der Waals surface area contributed by atoms with E-state index in [1.165, 1.54) is 28.9 Å². The fourth-order valence-electron chi connectivity index (χ4n) is 1.59. The summed E-state index contributed by atoms with van der Waals surface area (Å²) in [7, 11) is 0. The zero-order chi connectivity index (χ0) is 14.2. The van der Waals surface area contributed by atoms with E-state index in [1.807, 2.05) is 0 Å². The van der Waals surface area contributed by atoms with Crippen molar-refractivity contribution in [2.75, 3.05) is 0 Å². The standard InChI is InChI=1S/C11H8ClN3O4/c1-6-9(12)10(11(16)17)13-14(6)7-2-4-8(5-3-7)15(18)19/h2-5H,1H3,(H,16,17). The van der Waals surface area contributed by atoms with Gasteiger partial charge in [0.2, 0.25) is 0 Å². The van der Waals surface area contributed by atoms with Gasteiger partial charge in [0.1, 0.15) is 0 Å². The first-order valence-electron chi connectivity index (χ1n) is 5.15. The first-order valence-corrected chi connectivity index (χ1v) is 5.53. The smallest absolute Gasteiger partial charge is 0.358 e. The van der Waals surface area contributed by atoms with Crippen LogP contribution in [0.4, 0.5) is 5.69 Å². The Bertz CT molecular complexity index is 663. The van der Waals surface area contributed by atoms with Gasteiger partial charge in [0.25, 0.3) is 5.69 Å². The van der Waals surface area contributed by atoms with Gasteiger partial charge in [-0.2, -0.15) is 5.10 Å². The molecule has 19 heavy (non-hydrogen) atoms. The minimum atomic E-state index is -1.23. The Balaban J connectivity index is 2.50. The highest BCUT2D eigenvalue weighted by atomic mass is 35.5. The van der Waals surface area contributed by atoms with E-state index in [2.05, 4.69) is 5.10 Å². The van der Waals surface area contributed by atoms with Crippen LogP contribution in [-0.2, 0) is 0 Å². The molecule has 0 aliphatic rings. The Kier molecular flexibility index (Phi) is 3.22. The second kappa shape index (κ2) is 4.69. The summed E-state index contributed by atoms with van der Waals surface area (Å²) in [6.07, 6.45) is 0. The quantitative estimate of drug-likeness (QED) is 0.688. The Morgan fingerprint density at radius 3 is 2.42 bits per heavy atom. The number of carboxylic acid groups (broad SMARTS) is 1. The minimum Gasteiger partial charge on any atom is -0.476 e. The van der Waals surface area contributed by atoms with Gasteiger partial charge in [-0.3, -0.25) is 10.1 Å². The Morgan fingerprint density at radius 2 is 2.00 bits per heavy atom. The molecule has 0 amide bonds. The van der Waals surface area contributed by atoms with Crippen LogP contribution in [0.3, 0.4) is 0 Å². The number of hydrogen-bond acceptors (Lipinski definition) is 4. The number of nitro benzene ring substituents is 1. The molecule has 2 aromatic rings. The van der Waals surface area contributed by atoms with Gasteiger partial charge in [-0.25, -0.2) is 9.48 Å². The van der Waals surface area contributed by atoms with Crippen LogP contribution in [0.2, 0.25) is 5.02 Å². The van der Waals surface area contributed by atoms with E-state index >= 15 is 0 Å². The normalized spacial score (nSPS) is 10.4. The maximum Gasteiger partial charge on any atom is 0.358 e. The molecule has 0 saturated heterocycles. The van der Waals surface area contributed by atoms with E-state index in [1.54, 1.807) is 6.92 Å². The average Bonchev–Trinajstić information content (AvgIpc) is 2.67. The van der Waals surface area contributed by atoms with E-state index in [9.17, 15) is 14.9 Å². The molecule has 0 aliphatic carbocycles. The van der Waals surface area contributed by atoms with Gasteiger partial charge in [-0.05, 0) is 19.1 Å². The fourth-order valence-corrected chi connectivity index (χ4v) is 1.79. The van der Waals surface area contributed by atoms with Crippen molar-refractivity contribution in [2.24, 2.45) is 0 Å². The number of benzene rings is 1. The third kappa shape index (κ3) is 2.27. The summed E-state index contributed by atoms with van der Waals surface area (Å²) in [4.78, 5) is 20.9. The second-order valence-electron chi connectivity index (χ2n) is 3.74. The second-order valence-corrected chi connectivity index (χ2v) is 4.12. The van der Waals surface area contributed by atoms with Crippen LogP contribution in [0.1, 0.15) is 16.2 Å². The van der Waals surface area contributed by atoms with Gasteiger partial charge in [0.15, 0.2) is 5.69 Å². The topological polar surface area (TPSA) is 98.3 Å². The van der Waals surface area contributed by atoms with E-state index < -0.39 is 10.9 Å². The summed E-state index contributed by atoms with van der Waals surface area (Å²) in [5.74, 6) is -1.23. The summed E-state index contributed by atoms with van der Waals surface area (Å²) in [6, 6.07) is 5.57. The number of non-ortho nitro benzene ring substituents is 1. The number of rotatable bonds is 3. The summed E-state index contributed by atoms with van der Waals surface area (Å²) in [5, 5.41) is 23.4. The molecule has 1 aromatic carbocycles. The molecular formula is C11H8ClN3O4. The van der Waals surface area contributed by atoms with E-state index in [0.29, 0.717) is 11.4 Å². The Hall–Kier alpha value is -2.41. The van der Waals surface area contributed by atoms with Crippen molar-refractivity contribution < 1.29 is 14.8 Å². The fraction of sp³-hybridized carbons (Fsp3) is 0.0909. The van der Waals surface area contributed by atoms with Crippen LogP contribution in [0.5, 0.6) is 0 Å². The molecule has 1 aromatic heterocycles. The molecule has 0 radical (unpaired) electrons. The molecule has 7 nitrogen and oxygen atoms in total. The van der Waals surface area contributed by atoms with E-state index in [-0.39, 0.29) is 16.4 Å². The van der Waals surface area contributed by atoms with Gasteiger partial charge in [0.05, 0.1) is 21.3 Å². The predicted molar refractivity (Wildman–Crippen MR) is 66.9 cm³/mol. The first kappa shape index (κ1) is 13.0. The van der Waals surface area contributed by atoms with Gasteiger partial charge in [-0.15, -0.1) is 0 Å². The molecule has 0 saturated carbocycles. The molecule has 1 N–H and O–H groups in total. The lowest BCUT2D eigenvalue weighted by atomic mass is 10.3. The van der Waals surface area contributed by atoms with Gasteiger partial charge < -0.3 is 5.11 Å². The Labute approximate surface area is 112 Å². The highest BCUT2D eigenvalue weighted by Crippen LogP contribution is 2.24. The monoisotopic (exact) mass is 281 g/mol. The van der Waals surface area contributed by atoms with Crippen molar-refractivity contribution in [3.8, 4) is 5.69 Å². The summed E-state index contributed by atoms with van der Waals surface area (Å²) in [5.41, 5.74) is 0.640. The largest absolute Gasteiger partial charge is 0.476 e. The van der Waals surface area contributed by atoms with Gasteiger partial charge in [0, 0.05) is 12.1 Å². The molecule has 98 valence electrons. The van der Waals surface area contributed by atoms with Crippen molar-refractivity contribution >= 4 is 23.3 Å². The highest BCUT2D eigenvalue weighted by Gasteiger charge is 2.19. The number of halogens is 1. The molecule has 0 atom stereocenters. The van der Waals surface area contributed by atoms with Crippen LogP contribution in [-0.4, -0.2) is 25.8 Å². The summed E-state index contributed by atoms with van der Waals surface area (Å²) >= 11 is 5.87. The molecule has 8 heteroatoms. The number of nitro groups is 1. The summed E-state index contributed by atoms with van der Waals surface area (Å²) in [6.45, 7) is 1.61. The lowest BCUT2D eigenvalue weighted by Gasteiger charge is -2.03. The van der Waals surface area contributed by atoms with Crippen molar-refractivity contribution in [3.63, 3.8) is 0 Å². The molecule has 1 heterocycles. The maximum absolute atomic E-state index is 10.9. The number of carbonyl (C=O) groups is 1. The van der Waals surface area contributed by atoms with Crippen molar-refractivity contribution in [1.29, 1.82) is 0 Å². The van der Waals surface area contributed by atoms with Crippen molar-refractivity contribution in [3.05, 3.63) is 50.8 Å². The number of aromatic carboxylic acids is 1. The van der Waals surface area contributed by atoms with Gasteiger partial charge >= 0.3 is 5.97 Å². The minimum absolute atomic E-state index is 0.0471. The lowest BCUT2D eigenvalue weighted by Crippen LogP contribution is -2.02. The molecule has 0 aliphatic heterocycles. The van der Waals surface area contributed by atoms with Crippen molar-refractivity contribution in [1.82, 2.24) is 9.78 Å². The van der Waals surface area contributed by atoms with Gasteiger partial charge in [-0.1, -0.05) is 11.6 Å². The van der Waals surface area contributed by atoms with Crippen LogP contribution >= 0.6 is 11.6 Å². The molecule has 0 bridgehead atoms. The predicted octanol–water partition coefficient (Wildman–Crippen LogP) is 2.44. The third-order valence-electron chi connectivity index (χ3n) is 2.55. The van der Waals surface area contributed by atoms with Crippen LogP contribution in [0.25, 0.3) is 5.69 Å². The first-order chi connectivity index (χ1) is 8.91. The van der Waals surface area contributed by atoms with E-state index in [0.717, 1.165) is 0 Å². The number of nitrogens with zero attached hydrogens (tertiary/aromatic N) is 3. The SMILES string of the molecule is Cc1c(Cl)c(C(=O)O)nn1-c1ccc([N+](=O)[O-])cc1.